The SMILES string of the molecule is CCN(CC)CCN1Cc2cccc(-c3ccc(NC(=O)c4cc(C(F)(F)F)nn4-c4ccc(OC)cc4)cc3)c2S1(=O)=O. The summed E-state index contributed by atoms with van der Waals surface area (Å²) in [5.74, 6) is -0.309. The van der Waals surface area contributed by atoms with Gasteiger partial charge in [0, 0.05) is 37.0 Å². The van der Waals surface area contributed by atoms with Crippen molar-refractivity contribution in [2.75, 3.05) is 38.6 Å². The van der Waals surface area contributed by atoms with Gasteiger partial charge in [-0.15, -0.1) is 0 Å². The van der Waals surface area contributed by atoms with Gasteiger partial charge in [0.05, 0.1) is 17.7 Å². The minimum absolute atomic E-state index is 0.243. The number of rotatable bonds is 10. The van der Waals surface area contributed by atoms with Gasteiger partial charge in [-0.1, -0.05) is 44.2 Å². The van der Waals surface area contributed by atoms with E-state index < -0.39 is 27.8 Å². The summed E-state index contributed by atoms with van der Waals surface area (Å²) in [5, 5.41) is 6.26. The molecule has 0 bridgehead atoms. The number of likely N-dealkylation sites (N-methyl/N-ethyl adjacent to an activating group) is 1. The van der Waals surface area contributed by atoms with Crippen LogP contribution in [0.4, 0.5) is 18.9 Å². The molecule has 1 amide bonds. The van der Waals surface area contributed by atoms with E-state index in [0.717, 1.165) is 17.8 Å². The number of aromatic nitrogens is 2. The largest absolute Gasteiger partial charge is 0.497 e. The Kier molecular flexibility index (Phi) is 8.82. The van der Waals surface area contributed by atoms with Gasteiger partial charge in [0.15, 0.2) is 5.69 Å². The number of fused-ring (bicyclic) bond motifs is 1. The van der Waals surface area contributed by atoms with Crippen LogP contribution in [0.2, 0.25) is 0 Å². The van der Waals surface area contributed by atoms with Crippen LogP contribution in [0.1, 0.15) is 35.6 Å². The Hall–Kier alpha value is -4.20. The number of halogens is 3. The van der Waals surface area contributed by atoms with Gasteiger partial charge >= 0.3 is 6.18 Å². The van der Waals surface area contributed by atoms with E-state index in [2.05, 4.69) is 15.3 Å². The van der Waals surface area contributed by atoms with Crippen LogP contribution in [0.5, 0.6) is 5.75 Å². The molecule has 9 nitrogen and oxygen atoms in total. The fourth-order valence-corrected chi connectivity index (χ4v) is 6.98. The van der Waals surface area contributed by atoms with Crippen LogP contribution in [0, 0.1) is 0 Å². The fourth-order valence-electron chi connectivity index (χ4n) is 5.17. The highest BCUT2D eigenvalue weighted by Crippen LogP contribution is 2.38. The third-order valence-electron chi connectivity index (χ3n) is 7.60. The number of nitrogens with one attached hydrogen (secondary N) is 1. The molecular formula is C31H32F3N5O4S. The van der Waals surface area contributed by atoms with Crippen molar-refractivity contribution in [3.8, 4) is 22.6 Å². The van der Waals surface area contributed by atoms with Gasteiger partial charge in [0.2, 0.25) is 10.0 Å². The monoisotopic (exact) mass is 627 g/mol. The van der Waals surface area contributed by atoms with Gasteiger partial charge in [0.25, 0.3) is 5.91 Å². The number of anilines is 1. The highest BCUT2D eigenvalue weighted by molar-refractivity contribution is 7.89. The molecular weight excluding hydrogens is 595 g/mol. The summed E-state index contributed by atoms with van der Waals surface area (Å²) in [6, 6.07) is 18.6. The summed E-state index contributed by atoms with van der Waals surface area (Å²) in [6.45, 7) is 7.05. The first-order valence-corrected chi connectivity index (χ1v) is 15.5. The third kappa shape index (κ3) is 6.21. The number of methoxy groups -OCH3 is 1. The summed E-state index contributed by atoms with van der Waals surface area (Å²) in [5.41, 5.74) is 0.905. The number of ether oxygens (including phenoxy) is 1. The zero-order valence-corrected chi connectivity index (χ0v) is 25.2. The molecule has 0 fully saturated rings. The Balaban J connectivity index is 1.39. The molecule has 0 unspecified atom stereocenters. The van der Waals surface area contributed by atoms with E-state index in [-0.39, 0.29) is 16.3 Å². The van der Waals surface area contributed by atoms with Crippen molar-refractivity contribution in [2.45, 2.75) is 31.5 Å². The maximum atomic E-state index is 13.5. The van der Waals surface area contributed by atoms with Crippen LogP contribution < -0.4 is 10.1 Å². The van der Waals surface area contributed by atoms with Crippen LogP contribution in [0.25, 0.3) is 16.8 Å². The second-order valence-electron chi connectivity index (χ2n) is 10.2. The van der Waals surface area contributed by atoms with E-state index in [9.17, 15) is 26.4 Å². The summed E-state index contributed by atoms with van der Waals surface area (Å²) in [7, 11) is -2.26. The number of hydrogen-bond donors (Lipinski definition) is 1. The summed E-state index contributed by atoms with van der Waals surface area (Å²) in [6.07, 6.45) is -4.76. The van der Waals surface area contributed by atoms with Crippen LogP contribution in [-0.2, 0) is 22.7 Å². The number of amides is 1. The molecule has 1 aromatic heterocycles. The first kappa shape index (κ1) is 31.2. The predicted molar refractivity (Wildman–Crippen MR) is 160 cm³/mol. The first-order valence-electron chi connectivity index (χ1n) is 14.0. The second-order valence-corrected chi connectivity index (χ2v) is 12.1. The van der Waals surface area contributed by atoms with Crippen molar-refractivity contribution in [1.29, 1.82) is 0 Å². The molecule has 0 saturated heterocycles. The topological polar surface area (TPSA) is 96.8 Å². The molecule has 44 heavy (non-hydrogen) atoms. The lowest BCUT2D eigenvalue weighted by atomic mass is 10.0. The Morgan fingerprint density at radius 2 is 1.70 bits per heavy atom. The van der Waals surface area contributed by atoms with Crippen LogP contribution >= 0.6 is 0 Å². The highest BCUT2D eigenvalue weighted by atomic mass is 32.2. The average molecular weight is 628 g/mol. The molecule has 1 aliphatic heterocycles. The maximum Gasteiger partial charge on any atom is 0.435 e. The lowest BCUT2D eigenvalue weighted by Gasteiger charge is -2.22. The Bertz CT molecular complexity index is 1750. The zero-order valence-electron chi connectivity index (χ0n) is 24.4. The Morgan fingerprint density at radius 3 is 2.32 bits per heavy atom. The summed E-state index contributed by atoms with van der Waals surface area (Å²) >= 11 is 0. The Labute approximate surface area is 253 Å². The molecule has 13 heteroatoms. The number of carbonyl (C=O) groups is 1. The van der Waals surface area contributed by atoms with Gasteiger partial charge in [0.1, 0.15) is 11.4 Å². The van der Waals surface area contributed by atoms with Gasteiger partial charge < -0.3 is 15.0 Å². The molecule has 3 aromatic carbocycles. The van der Waals surface area contributed by atoms with E-state index in [0.29, 0.717) is 53.8 Å². The maximum absolute atomic E-state index is 13.5. The molecule has 0 radical (unpaired) electrons. The summed E-state index contributed by atoms with van der Waals surface area (Å²) in [4.78, 5) is 15.6. The standard InChI is InChI=1S/C31H32F3N5O4S/c1-4-37(5-2)17-18-38-20-22-7-6-8-26(29(22)44(38,41)42)21-9-11-23(12-10-21)35-30(40)27-19-28(31(32,33)34)36-39(27)24-13-15-25(43-3)16-14-24/h6-16,19H,4-5,17-18,20H2,1-3H3,(H,35,40). The van der Waals surface area contributed by atoms with Crippen molar-refractivity contribution in [3.05, 3.63) is 89.7 Å². The summed E-state index contributed by atoms with van der Waals surface area (Å²) < 4.78 is 75.2. The van der Waals surface area contributed by atoms with Crippen LogP contribution in [-0.4, -0.2) is 66.6 Å². The molecule has 5 rings (SSSR count). The van der Waals surface area contributed by atoms with E-state index in [1.807, 2.05) is 26.0 Å². The van der Waals surface area contributed by atoms with E-state index in [1.54, 1.807) is 42.5 Å². The van der Waals surface area contributed by atoms with Crippen LogP contribution in [0.3, 0.4) is 0 Å². The van der Waals surface area contributed by atoms with Crippen LogP contribution in [0.15, 0.2) is 77.7 Å². The minimum Gasteiger partial charge on any atom is -0.497 e. The first-order chi connectivity index (χ1) is 21.0. The van der Waals surface area contributed by atoms with Crippen molar-refractivity contribution < 1.29 is 31.1 Å². The minimum atomic E-state index is -4.76. The number of nitrogens with zero attached hydrogens (tertiary/aromatic N) is 4. The molecule has 1 aliphatic rings. The lowest BCUT2D eigenvalue weighted by molar-refractivity contribution is -0.141. The van der Waals surface area contributed by atoms with Crippen molar-refractivity contribution in [1.82, 2.24) is 19.0 Å². The molecule has 232 valence electrons. The normalized spacial score (nSPS) is 14.5. The Morgan fingerprint density at radius 1 is 1.02 bits per heavy atom. The highest BCUT2D eigenvalue weighted by Gasteiger charge is 2.37. The van der Waals surface area contributed by atoms with Gasteiger partial charge in [-0.25, -0.2) is 13.1 Å². The third-order valence-corrected chi connectivity index (χ3v) is 9.59. The molecule has 0 saturated carbocycles. The van der Waals surface area contributed by atoms with Crippen molar-refractivity contribution >= 4 is 21.6 Å². The molecule has 0 atom stereocenters. The van der Waals surface area contributed by atoms with E-state index in [4.69, 9.17) is 4.74 Å². The number of sulfonamides is 1. The molecule has 1 N–H and O–H groups in total. The van der Waals surface area contributed by atoms with Gasteiger partial charge in [-0.05, 0) is 60.6 Å². The lowest BCUT2D eigenvalue weighted by Crippen LogP contribution is -2.35. The number of hydrogen-bond acceptors (Lipinski definition) is 6. The molecule has 2 heterocycles. The quantitative estimate of drug-likeness (QED) is 0.244. The number of alkyl halides is 3. The molecule has 0 spiro atoms. The average Bonchev–Trinajstić information content (AvgIpc) is 3.58. The van der Waals surface area contributed by atoms with Gasteiger partial charge in [-0.2, -0.15) is 22.6 Å². The fraction of sp³-hybridized carbons (Fsp3) is 0.290. The van der Waals surface area contributed by atoms with Crippen molar-refractivity contribution in [3.63, 3.8) is 0 Å². The van der Waals surface area contributed by atoms with Crippen molar-refractivity contribution in [2.24, 2.45) is 0 Å². The molecule has 0 aliphatic carbocycles. The van der Waals surface area contributed by atoms with Gasteiger partial charge in [-0.3, -0.25) is 4.79 Å². The van der Waals surface area contributed by atoms with E-state index in [1.165, 1.54) is 23.5 Å². The molecule has 4 aromatic rings. The number of carbonyl (C=O) groups excluding carboxylic acids is 1. The van der Waals surface area contributed by atoms with E-state index >= 15 is 0 Å². The number of benzene rings is 3. The second kappa shape index (κ2) is 12.4. The smallest absolute Gasteiger partial charge is 0.435 e. The zero-order chi connectivity index (χ0) is 31.6. The predicted octanol–water partition coefficient (Wildman–Crippen LogP) is 5.67.